The summed E-state index contributed by atoms with van der Waals surface area (Å²) in [4.78, 5) is 0. The van der Waals surface area contributed by atoms with Crippen LogP contribution >= 0.6 is 0 Å². The molecule has 0 saturated heterocycles. The Hall–Kier alpha value is -0.835. The number of hydrogen-bond donors (Lipinski definition) is 3. The van der Waals surface area contributed by atoms with Crippen LogP contribution in [0.1, 0.15) is 24.8 Å². The van der Waals surface area contributed by atoms with Crippen molar-refractivity contribution in [2.24, 2.45) is 0 Å². The van der Waals surface area contributed by atoms with E-state index in [0.717, 1.165) is 6.42 Å². The maximum atomic E-state index is 10.1. The fourth-order valence-electron chi connectivity index (χ4n) is 1.93. The number of benzene rings is 1. The van der Waals surface area contributed by atoms with Gasteiger partial charge in [0.1, 0.15) is 0 Å². The summed E-state index contributed by atoms with van der Waals surface area (Å²) < 4.78 is 0. The van der Waals surface area contributed by atoms with Crippen LogP contribution in [0.5, 0.6) is 0 Å². The van der Waals surface area contributed by atoms with E-state index in [4.69, 9.17) is 10.0 Å². The summed E-state index contributed by atoms with van der Waals surface area (Å²) in [5.41, 5.74) is 0.233. The standard InChI is InChI=1S/C10H13BO3/c12-10(6-3-7-10)8-4-1-2-5-9(8)11(13)14/h1-2,4-5,12-14H,3,6-7H2. The van der Waals surface area contributed by atoms with E-state index in [2.05, 4.69) is 0 Å². The Labute approximate surface area is 83.2 Å². The van der Waals surface area contributed by atoms with Crippen LogP contribution in [0.25, 0.3) is 0 Å². The van der Waals surface area contributed by atoms with Crippen molar-refractivity contribution in [3.05, 3.63) is 29.8 Å². The Morgan fingerprint density at radius 3 is 2.29 bits per heavy atom. The van der Waals surface area contributed by atoms with E-state index in [-0.39, 0.29) is 0 Å². The molecule has 14 heavy (non-hydrogen) atoms. The van der Waals surface area contributed by atoms with Crippen LogP contribution in [0.4, 0.5) is 0 Å². The third kappa shape index (κ3) is 1.45. The highest BCUT2D eigenvalue weighted by molar-refractivity contribution is 6.59. The monoisotopic (exact) mass is 192 g/mol. The molecule has 0 amide bonds. The van der Waals surface area contributed by atoms with Gasteiger partial charge in [0.2, 0.25) is 0 Å². The lowest BCUT2D eigenvalue weighted by atomic mass is 9.66. The summed E-state index contributed by atoms with van der Waals surface area (Å²) in [5, 5.41) is 28.4. The lowest BCUT2D eigenvalue weighted by Crippen LogP contribution is -2.43. The average molecular weight is 192 g/mol. The molecule has 0 unspecified atom stereocenters. The van der Waals surface area contributed by atoms with E-state index >= 15 is 0 Å². The Morgan fingerprint density at radius 2 is 1.79 bits per heavy atom. The van der Waals surface area contributed by atoms with Crippen LogP contribution in [-0.4, -0.2) is 22.3 Å². The quantitative estimate of drug-likeness (QED) is 0.565. The Balaban J connectivity index is 2.41. The first-order chi connectivity index (χ1) is 6.63. The normalized spacial score (nSPS) is 18.8. The van der Waals surface area contributed by atoms with Crippen molar-refractivity contribution in [1.29, 1.82) is 0 Å². The molecule has 4 heteroatoms. The average Bonchev–Trinajstić information content (AvgIpc) is 2.14. The highest BCUT2D eigenvalue weighted by Crippen LogP contribution is 2.40. The third-order valence-corrected chi connectivity index (χ3v) is 2.92. The van der Waals surface area contributed by atoms with Crippen LogP contribution in [0.15, 0.2) is 24.3 Å². The van der Waals surface area contributed by atoms with E-state index < -0.39 is 12.7 Å². The summed E-state index contributed by atoms with van der Waals surface area (Å²) in [6, 6.07) is 6.93. The van der Waals surface area contributed by atoms with Crippen molar-refractivity contribution in [3.8, 4) is 0 Å². The zero-order valence-corrected chi connectivity index (χ0v) is 7.85. The molecule has 0 bridgehead atoms. The van der Waals surface area contributed by atoms with E-state index in [1.54, 1.807) is 24.3 Å². The minimum atomic E-state index is -1.50. The lowest BCUT2D eigenvalue weighted by molar-refractivity contribution is -0.0380. The van der Waals surface area contributed by atoms with Gasteiger partial charge < -0.3 is 15.2 Å². The molecule has 0 atom stereocenters. The maximum Gasteiger partial charge on any atom is 0.488 e. The number of hydrogen-bond acceptors (Lipinski definition) is 3. The van der Waals surface area contributed by atoms with Gasteiger partial charge in [-0.15, -0.1) is 0 Å². The minimum Gasteiger partial charge on any atom is -0.423 e. The third-order valence-electron chi connectivity index (χ3n) is 2.92. The fourth-order valence-corrected chi connectivity index (χ4v) is 1.93. The molecule has 0 aliphatic heterocycles. The summed E-state index contributed by atoms with van der Waals surface area (Å²) >= 11 is 0. The molecule has 1 fully saturated rings. The second-order valence-corrected chi connectivity index (χ2v) is 3.85. The zero-order chi connectivity index (χ0) is 10.2. The largest absolute Gasteiger partial charge is 0.488 e. The van der Waals surface area contributed by atoms with E-state index in [9.17, 15) is 5.11 Å². The smallest absolute Gasteiger partial charge is 0.423 e. The molecule has 1 aliphatic rings. The molecule has 3 nitrogen and oxygen atoms in total. The SMILES string of the molecule is OB(O)c1ccccc1C1(O)CCC1. The molecule has 1 aromatic rings. The van der Waals surface area contributed by atoms with Gasteiger partial charge in [-0.2, -0.15) is 0 Å². The molecule has 0 heterocycles. The first kappa shape index (κ1) is 9.71. The van der Waals surface area contributed by atoms with Gasteiger partial charge in [0.15, 0.2) is 0 Å². The van der Waals surface area contributed by atoms with Crippen molar-refractivity contribution < 1.29 is 15.2 Å². The van der Waals surface area contributed by atoms with Crippen LogP contribution in [0.3, 0.4) is 0 Å². The van der Waals surface area contributed by atoms with Crippen LogP contribution in [0, 0.1) is 0 Å². The number of rotatable bonds is 2. The van der Waals surface area contributed by atoms with Crippen LogP contribution in [0.2, 0.25) is 0 Å². The van der Waals surface area contributed by atoms with Gasteiger partial charge >= 0.3 is 7.12 Å². The molecular formula is C10H13BO3. The van der Waals surface area contributed by atoms with E-state index in [0.29, 0.717) is 23.9 Å². The van der Waals surface area contributed by atoms with Gasteiger partial charge in [0.05, 0.1) is 5.60 Å². The minimum absolute atomic E-state index is 0.412. The summed E-state index contributed by atoms with van der Waals surface area (Å²) in [5.74, 6) is 0. The second-order valence-electron chi connectivity index (χ2n) is 3.85. The predicted molar refractivity (Wildman–Crippen MR) is 54.0 cm³/mol. The van der Waals surface area contributed by atoms with E-state index in [1.807, 2.05) is 0 Å². The highest BCUT2D eigenvalue weighted by Gasteiger charge is 2.39. The zero-order valence-electron chi connectivity index (χ0n) is 7.85. The van der Waals surface area contributed by atoms with Gasteiger partial charge in [-0.1, -0.05) is 24.3 Å². The summed E-state index contributed by atoms with van der Waals surface area (Å²) in [7, 11) is -1.50. The molecule has 74 valence electrons. The van der Waals surface area contributed by atoms with E-state index in [1.165, 1.54) is 0 Å². The molecule has 2 rings (SSSR count). The second kappa shape index (κ2) is 3.39. The first-order valence-electron chi connectivity index (χ1n) is 4.81. The van der Waals surface area contributed by atoms with Crippen LogP contribution in [-0.2, 0) is 5.60 Å². The van der Waals surface area contributed by atoms with Gasteiger partial charge in [0, 0.05) is 0 Å². The van der Waals surface area contributed by atoms with Crippen molar-refractivity contribution in [1.82, 2.24) is 0 Å². The molecule has 0 spiro atoms. The lowest BCUT2D eigenvalue weighted by Gasteiger charge is -2.38. The summed E-state index contributed by atoms with van der Waals surface area (Å²) in [6.45, 7) is 0. The van der Waals surface area contributed by atoms with Gasteiger partial charge in [-0.25, -0.2) is 0 Å². The van der Waals surface area contributed by atoms with Gasteiger partial charge in [0.25, 0.3) is 0 Å². The van der Waals surface area contributed by atoms with Gasteiger partial charge in [-0.05, 0) is 30.3 Å². The maximum absolute atomic E-state index is 10.1. The van der Waals surface area contributed by atoms with Gasteiger partial charge in [-0.3, -0.25) is 0 Å². The fraction of sp³-hybridized carbons (Fsp3) is 0.400. The van der Waals surface area contributed by atoms with Crippen molar-refractivity contribution in [2.75, 3.05) is 0 Å². The molecule has 0 aromatic heterocycles. The highest BCUT2D eigenvalue weighted by atomic mass is 16.4. The molecule has 3 N–H and O–H groups in total. The molecule has 1 aromatic carbocycles. The van der Waals surface area contributed by atoms with Crippen molar-refractivity contribution >= 4 is 12.6 Å². The molecule has 1 saturated carbocycles. The number of aliphatic hydroxyl groups is 1. The summed E-state index contributed by atoms with van der Waals surface area (Å²) in [6.07, 6.45) is 2.40. The molecular weight excluding hydrogens is 179 g/mol. The van der Waals surface area contributed by atoms with Crippen molar-refractivity contribution in [3.63, 3.8) is 0 Å². The Kier molecular flexibility index (Phi) is 2.35. The first-order valence-corrected chi connectivity index (χ1v) is 4.81. The Bertz CT molecular complexity index is 334. The predicted octanol–water partition coefficient (Wildman–Crippen LogP) is -0.262. The van der Waals surface area contributed by atoms with Crippen molar-refractivity contribution in [2.45, 2.75) is 24.9 Å². The molecule has 1 aliphatic carbocycles. The Morgan fingerprint density at radius 1 is 1.14 bits per heavy atom. The topological polar surface area (TPSA) is 60.7 Å². The van der Waals surface area contributed by atoms with Crippen LogP contribution < -0.4 is 5.46 Å². The molecule has 0 radical (unpaired) electrons.